The van der Waals surface area contributed by atoms with Crippen LogP contribution in [0.2, 0.25) is 0 Å². The van der Waals surface area contributed by atoms with Crippen LogP contribution in [0.1, 0.15) is 296 Å². The Hall–Kier alpha value is -8.36. The van der Waals surface area contributed by atoms with Crippen molar-refractivity contribution in [1.82, 2.24) is 34.1 Å². The first-order valence-electron chi connectivity index (χ1n) is 48.4. The van der Waals surface area contributed by atoms with E-state index >= 15 is 0 Å². The number of carbonyl (C=O) groups is 6. The zero-order valence-electron chi connectivity index (χ0n) is 84.9. The Bertz CT molecular complexity index is 5420. The van der Waals surface area contributed by atoms with Crippen LogP contribution in [0.15, 0.2) is 172 Å². The Morgan fingerprint density at radius 2 is 0.872 bits per heavy atom. The van der Waals surface area contributed by atoms with Gasteiger partial charge in [0.2, 0.25) is 0 Å². The summed E-state index contributed by atoms with van der Waals surface area (Å²) >= 11 is 0. The Labute approximate surface area is 848 Å². The first-order chi connectivity index (χ1) is 62.5. The van der Waals surface area contributed by atoms with E-state index in [0.29, 0.717) is 84.5 Å². The maximum absolute atomic E-state index is 13.8. The number of nitrogens with zero attached hydrogens (tertiary/aromatic N) is 9. The predicted octanol–water partition coefficient (Wildman–Crippen LogP) is 24.5. The number of fused-ring (bicyclic) bond motifs is 1. The first-order valence-corrected chi connectivity index (χ1v) is 48.4. The molecule has 19 nitrogen and oxygen atoms in total. The average Bonchev–Trinajstić information content (AvgIpc) is 1.69. The van der Waals surface area contributed by atoms with E-state index in [1.54, 1.807) is 6.54 Å². The van der Waals surface area contributed by atoms with Crippen molar-refractivity contribution in [2.24, 2.45) is 0 Å². The topological polar surface area (TPSA) is 224 Å². The van der Waals surface area contributed by atoms with Crippen molar-refractivity contribution in [3.63, 3.8) is 0 Å². The summed E-state index contributed by atoms with van der Waals surface area (Å²) in [6.07, 6.45) is 22.5. The predicted molar refractivity (Wildman–Crippen MR) is 549 cm³/mol. The molecule has 3 saturated heterocycles. The number of aromatic nitrogens is 3. The fourth-order valence-corrected chi connectivity index (χ4v) is 19.0. The van der Waals surface area contributed by atoms with E-state index in [1.807, 2.05) is 152 Å². The van der Waals surface area contributed by atoms with Gasteiger partial charge >= 0.3 is 0 Å². The summed E-state index contributed by atoms with van der Waals surface area (Å²) in [4.78, 5) is 103. The fourth-order valence-electron chi connectivity index (χ4n) is 19.0. The van der Waals surface area contributed by atoms with Crippen LogP contribution in [0.5, 0.6) is 0 Å². The minimum Gasteiger partial charge on any atom is -0.535 e. The summed E-state index contributed by atoms with van der Waals surface area (Å²) in [5, 5.41) is 24.3. The van der Waals surface area contributed by atoms with Gasteiger partial charge in [-0.05, 0) is 263 Å². The third-order valence-electron chi connectivity index (χ3n) is 26.2. The van der Waals surface area contributed by atoms with Crippen molar-refractivity contribution in [2.75, 3.05) is 99.0 Å². The molecule has 4 aliphatic carbocycles. The van der Waals surface area contributed by atoms with Gasteiger partial charge in [-0.3, -0.25) is 48.4 Å². The molecule has 7 aliphatic rings. The van der Waals surface area contributed by atoms with Crippen LogP contribution in [0, 0.1) is 30.8 Å². The first kappa shape index (κ1) is 112. The minimum atomic E-state index is -0.0774. The molecule has 2 radical (unpaired) electrons. The number of anilines is 4. The van der Waals surface area contributed by atoms with Gasteiger partial charge in [0.25, 0.3) is 0 Å². The molecule has 4 fully saturated rings. The summed E-state index contributed by atoms with van der Waals surface area (Å²) in [6, 6.07) is 29.5. The van der Waals surface area contributed by atoms with Crippen molar-refractivity contribution < 1.29 is 94.2 Å². The number of nitrogens with one attached hydrogen (secondary N) is 4. The van der Waals surface area contributed by atoms with Crippen LogP contribution in [0.4, 0.5) is 23.0 Å². The van der Waals surface area contributed by atoms with E-state index in [0.717, 1.165) is 215 Å². The Morgan fingerprint density at radius 3 is 1.29 bits per heavy atom. The summed E-state index contributed by atoms with van der Waals surface area (Å²) in [6.45, 7) is 67.0. The fraction of sp³-hybridized carbons (Fsp3) is 0.482. The molecule has 3 aromatic heterocycles. The van der Waals surface area contributed by atoms with E-state index in [-0.39, 0.29) is 130 Å². The molecule has 4 N–H and O–H groups in total. The molecular formula is C112H153N13O6Y2-2. The van der Waals surface area contributed by atoms with Gasteiger partial charge in [-0.2, -0.15) is 6.92 Å². The number of hydrogen-bond acceptors (Lipinski definition) is 18. The van der Waals surface area contributed by atoms with Crippen molar-refractivity contribution >= 4 is 81.0 Å². The number of ketones is 6. The molecule has 21 heteroatoms. The number of aryl methyl sites for hydroxylation is 1. The molecule has 4 aromatic carbocycles. The SMILES string of the molecule is CC.CC.CC.CC1=CC(C)=C(CCC(=O)c2cc(-c3ccc(CN4CCN(C(C)(C)C)CC4)cc3)cc(NC3CCCC3)c2C=N)C(=O)C1.C[CH-]Nc1cc(-c2ccnc(N3CCN(C(C)(C)C)CC3)c2)cc(C(=O)CCC2=C(C)C=C(C)CC2=O)c1C=N.C[CH-]n1cc(C)c2c(C(=O)CCC3=C(C)C=C(C)CC3=O)cc(-c3ccc(N4CCN(C(C)(C)C)CC4)nc3)cc21.[Y].[Y]. The summed E-state index contributed by atoms with van der Waals surface area (Å²) < 4.78 is 2.09. The zero-order valence-corrected chi connectivity index (χ0v) is 90.6. The number of hydrogen-bond donors (Lipinski definition) is 4. The Kier molecular flexibility index (Phi) is 43.4. The summed E-state index contributed by atoms with van der Waals surface area (Å²) in [5.74, 6) is 2.24. The van der Waals surface area contributed by atoms with Gasteiger partial charge in [-0.15, -0.1) is 6.54 Å². The van der Waals surface area contributed by atoms with Gasteiger partial charge in [0, 0.05) is 276 Å². The van der Waals surface area contributed by atoms with Crippen LogP contribution in [-0.4, -0.2) is 182 Å². The molecule has 0 amide bonds. The van der Waals surface area contributed by atoms with E-state index in [2.05, 4.69) is 192 Å². The smallest absolute Gasteiger partial charge is 0.163 e. The Balaban J connectivity index is 0.000000263. The van der Waals surface area contributed by atoms with Crippen molar-refractivity contribution in [2.45, 2.75) is 279 Å². The number of Topliss-reactive ketones (excluding diaryl/α,β-unsaturated/α-hetero) is 6. The quantitative estimate of drug-likeness (QED) is 0.0225. The van der Waals surface area contributed by atoms with E-state index in [1.165, 1.54) is 30.8 Å². The standard InChI is InChI=1S/C38H50N4O2.C35H43N4O2.C33H42N5O2.3C2H6.2Y/c1-26-20-27(2)32(37(44)21-26)14-15-36(43)33-22-30(23-35(34(33)24-39)40-31-8-6-7-9-31)29-12-10-28(11-13-29)25-41-16-18-42(19-17-41)38(3,4)5;1-8-37-22-25(4)34-29(31(40)11-10-28-24(3)17-23(2)18-32(28)41)19-27(20-30(34)37)26-9-12-33(36-21-26)38-13-15-39(16-14-38)35(5,6)7;1-7-35-29-19-25(24-10-11-36-32(20-24)37-12-14-38(15-13-37)33(4,5)6)18-27(28(29)21-34)30(39)9-8-26-23(3)16-22(2)17-31(26)40;3*1-2;;/h10-13,20,22-24,31,39-40H,6-9,14-19,21,25H2,1-5H3;8-9,12,17,19-22H,10-11,13-16,18H2,1-7H3;7,10-11,16,18-21,34-35H,8-9,12-15,17H2,1-6H3;3*1-2H3;;/q;2*-1;;;;;. The summed E-state index contributed by atoms with van der Waals surface area (Å²) in [7, 11) is 0. The molecule has 7 aromatic rings. The maximum atomic E-state index is 13.8. The largest absolute Gasteiger partial charge is 0.535 e. The Morgan fingerprint density at radius 1 is 0.466 bits per heavy atom. The maximum Gasteiger partial charge on any atom is 0.163 e. The number of pyridine rings is 2. The van der Waals surface area contributed by atoms with Crippen LogP contribution < -0.4 is 20.4 Å². The number of benzene rings is 4. The molecule has 0 spiro atoms. The molecule has 710 valence electrons. The van der Waals surface area contributed by atoms with Gasteiger partial charge in [0.05, 0.1) is 0 Å². The van der Waals surface area contributed by atoms with Gasteiger partial charge < -0.3 is 35.8 Å². The second-order valence-electron chi connectivity index (χ2n) is 38.5. The van der Waals surface area contributed by atoms with Crippen LogP contribution >= 0.6 is 0 Å². The van der Waals surface area contributed by atoms with E-state index < -0.39 is 0 Å². The van der Waals surface area contributed by atoms with Crippen molar-refractivity contribution in [1.29, 1.82) is 10.8 Å². The van der Waals surface area contributed by atoms with E-state index in [4.69, 9.17) is 15.8 Å². The van der Waals surface area contributed by atoms with Gasteiger partial charge in [0.15, 0.2) is 34.7 Å². The van der Waals surface area contributed by atoms with Crippen molar-refractivity contribution in [3.8, 4) is 33.4 Å². The molecule has 0 unspecified atom stereocenters. The van der Waals surface area contributed by atoms with Gasteiger partial charge in [-0.1, -0.05) is 156 Å². The molecule has 133 heavy (non-hydrogen) atoms. The van der Waals surface area contributed by atoms with Crippen LogP contribution in [0.25, 0.3) is 44.3 Å². The number of rotatable bonds is 26. The van der Waals surface area contributed by atoms with Gasteiger partial charge in [-0.25, -0.2) is 16.5 Å². The molecule has 3 aliphatic heterocycles. The van der Waals surface area contributed by atoms with Gasteiger partial charge in [0.1, 0.15) is 11.6 Å². The molecule has 14 rings (SSSR count). The second kappa shape index (κ2) is 51.7. The van der Waals surface area contributed by atoms with E-state index in [9.17, 15) is 28.8 Å². The van der Waals surface area contributed by atoms with Crippen LogP contribution in [-0.2, 0) is 86.3 Å². The third-order valence-corrected chi connectivity index (χ3v) is 26.2. The zero-order chi connectivity index (χ0) is 95.9. The second-order valence-corrected chi connectivity index (χ2v) is 38.5. The molecular weight excluding hydrogens is 1800 g/mol. The molecule has 1 saturated carbocycles. The molecule has 0 bridgehead atoms. The average molecular weight is 1960 g/mol. The number of piperazine rings is 3. The molecule has 0 atom stereocenters. The normalized spacial score (nSPS) is 16.6. The monoisotopic (exact) mass is 1950 g/mol. The summed E-state index contributed by atoms with van der Waals surface area (Å²) in [5.41, 5.74) is 22.7. The molecule has 6 heterocycles. The number of allylic oxidation sites excluding steroid dienone is 12. The van der Waals surface area contributed by atoms with Crippen LogP contribution in [0.3, 0.4) is 0 Å². The number of carbonyl (C=O) groups excluding carboxylic acids is 6. The minimum absolute atomic E-state index is 0. The van der Waals surface area contributed by atoms with Crippen molar-refractivity contribution in [3.05, 3.63) is 224 Å². The third kappa shape index (κ3) is 29.6.